The standard InChI is InChI=1S/C13H15NO4/c1-10(15)2-3-11-4-6-12(7-5-11)18-9-8-13(16)14-17/h4-7H,2-3,8-9H2,1H3. The van der Waals surface area contributed by atoms with E-state index in [4.69, 9.17) is 4.74 Å². The number of amides is 1. The molecule has 0 heterocycles. The number of carbonyl (C=O) groups excluding carboxylic acids is 2. The molecule has 0 aromatic heterocycles. The molecule has 0 radical (unpaired) electrons. The van der Waals surface area contributed by atoms with Crippen molar-refractivity contribution in [1.29, 1.82) is 0 Å². The lowest BCUT2D eigenvalue weighted by atomic mass is 10.1. The number of rotatable bonds is 7. The average Bonchev–Trinajstić information content (AvgIpc) is 2.37. The molecular weight excluding hydrogens is 234 g/mol. The Kier molecular flexibility index (Phi) is 5.70. The smallest absolute Gasteiger partial charge is 0.289 e. The molecule has 0 atom stereocenters. The molecule has 1 rings (SSSR count). The molecule has 0 aliphatic rings. The first-order chi connectivity index (χ1) is 8.61. The summed E-state index contributed by atoms with van der Waals surface area (Å²) >= 11 is 0. The molecule has 0 unspecified atom stereocenters. The Morgan fingerprint density at radius 1 is 1.17 bits per heavy atom. The number of benzene rings is 1. The first-order valence-corrected chi connectivity index (χ1v) is 5.69. The molecule has 0 bridgehead atoms. The molecule has 0 saturated heterocycles. The Labute approximate surface area is 105 Å². The minimum Gasteiger partial charge on any atom is -0.493 e. The largest absolute Gasteiger partial charge is 0.493 e. The van der Waals surface area contributed by atoms with Crippen LogP contribution in [0.3, 0.4) is 0 Å². The van der Waals surface area contributed by atoms with Crippen LogP contribution in [0.25, 0.3) is 0 Å². The third-order valence-electron chi connectivity index (χ3n) is 2.38. The predicted molar refractivity (Wildman–Crippen MR) is 66.4 cm³/mol. The number of ketones is 1. The molecule has 0 aliphatic carbocycles. The first-order valence-electron chi connectivity index (χ1n) is 5.69. The van der Waals surface area contributed by atoms with Gasteiger partial charge in [0.15, 0.2) is 0 Å². The third-order valence-corrected chi connectivity index (χ3v) is 2.38. The zero-order valence-corrected chi connectivity index (χ0v) is 10.2. The Morgan fingerprint density at radius 2 is 1.83 bits per heavy atom. The summed E-state index contributed by atoms with van der Waals surface area (Å²) in [5.41, 5.74) is 1.06. The monoisotopic (exact) mass is 249 g/mol. The number of nitrogens with zero attached hydrogens (tertiary/aromatic N) is 1. The topological polar surface area (TPSA) is 72.8 Å². The molecule has 5 nitrogen and oxygen atoms in total. The Hall–Kier alpha value is -2.04. The van der Waals surface area contributed by atoms with Gasteiger partial charge in [-0.3, -0.25) is 4.79 Å². The average molecular weight is 249 g/mol. The van der Waals surface area contributed by atoms with Gasteiger partial charge < -0.3 is 9.53 Å². The van der Waals surface area contributed by atoms with Crippen LogP contribution in [0.1, 0.15) is 25.3 Å². The van der Waals surface area contributed by atoms with Crippen LogP contribution in [0.4, 0.5) is 0 Å². The maximum Gasteiger partial charge on any atom is 0.289 e. The third kappa shape index (κ3) is 5.34. The van der Waals surface area contributed by atoms with Crippen LogP contribution in [-0.2, 0) is 16.0 Å². The lowest BCUT2D eigenvalue weighted by Gasteiger charge is -2.05. The summed E-state index contributed by atoms with van der Waals surface area (Å²) in [5.74, 6) is 0.0727. The van der Waals surface area contributed by atoms with Gasteiger partial charge in [0.05, 0.1) is 13.0 Å². The fourth-order valence-corrected chi connectivity index (χ4v) is 1.37. The van der Waals surface area contributed by atoms with Gasteiger partial charge in [0.25, 0.3) is 5.91 Å². The van der Waals surface area contributed by atoms with Gasteiger partial charge in [0.2, 0.25) is 0 Å². The van der Waals surface area contributed by atoms with E-state index in [0.717, 1.165) is 5.56 Å². The van der Waals surface area contributed by atoms with Gasteiger partial charge in [-0.15, -0.1) is 4.91 Å². The van der Waals surface area contributed by atoms with Crippen LogP contribution in [0, 0.1) is 4.91 Å². The summed E-state index contributed by atoms with van der Waals surface area (Å²) < 4.78 is 5.27. The Morgan fingerprint density at radius 3 is 2.39 bits per heavy atom. The number of aryl methyl sites for hydroxylation is 1. The van der Waals surface area contributed by atoms with Crippen molar-refractivity contribution in [3.63, 3.8) is 0 Å². The maximum atomic E-state index is 10.8. The second kappa shape index (κ2) is 7.32. The van der Waals surface area contributed by atoms with Gasteiger partial charge in [0, 0.05) is 11.6 Å². The second-order valence-electron chi connectivity index (χ2n) is 3.93. The molecule has 0 fully saturated rings. The minimum absolute atomic E-state index is 0.0183. The van der Waals surface area contributed by atoms with Gasteiger partial charge in [-0.2, -0.15) is 0 Å². The molecular formula is C13H15NO4. The van der Waals surface area contributed by atoms with Gasteiger partial charge in [0.1, 0.15) is 11.5 Å². The quantitative estimate of drug-likeness (QED) is 0.695. The first kappa shape index (κ1) is 14.0. The molecule has 1 amide bonds. The van der Waals surface area contributed by atoms with Crippen LogP contribution in [0.5, 0.6) is 5.75 Å². The Balaban J connectivity index is 2.38. The van der Waals surface area contributed by atoms with Crippen molar-refractivity contribution in [2.45, 2.75) is 26.2 Å². The van der Waals surface area contributed by atoms with E-state index >= 15 is 0 Å². The van der Waals surface area contributed by atoms with Crippen molar-refractivity contribution >= 4 is 11.7 Å². The highest BCUT2D eigenvalue weighted by Crippen LogP contribution is 2.13. The van der Waals surface area contributed by atoms with E-state index in [0.29, 0.717) is 18.6 Å². The van der Waals surface area contributed by atoms with Crippen molar-refractivity contribution in [1.82, 2.24) is 0 Å². The normalized spacial score (nSPS) is 9.83. The molecule has 1 aromatic rings. The zero-order valence-electron chi connectivity index (χ0n) is 10.2. The summed E-state index contributed by atoms with van der Waals surface area (Å²) in [6.07, 6.45) is 1.22. The molecule has 96 valence electrons. The van der Waals surface area contributed by atoms with Crippen LogP contribution in [-0.4, -0.2) is 18.3 Å². The summed E-state index contributed by atoms with van der Waals surface area (Å²) in [4.78, 5) is 31.3. The van der Waals surface area contributed by atoms with E-state index < -0.39 is 5.91 Å². The van der Waals surface area contributed by atoms with Crippen LogP contribution < -0.4 is 4.74 Å². The van der Waals surface area contributed by atoms with Crippen molar-refractivity contribution in [3.05, 3.63) is 34.7 Å². The van der Waals surface area contributed by atoms with E-state index in [2.05, 4.69) is 5.18 Å². The van der Waals surface area contributed by atoms with Crippen molar-refractivity contribution in [2.24, 2.45) is 5.18 Å². The van der Waals surface area contributed by atoms with Gasteiger partial charge in [-0.1, -0.05) is 12.1 Å². The van der Waals surface area contributed by atoms with E-state index in [-0.39, 0.29) is 18.8 Å². The van der Waals surface area contributed by atoms with E-state index in [1.165, 1.54) is 0 Å². The van der Waals surface area contributed by atoms with Gasteiger partial charge >= 0.3 is 0 Å². The highest BCUT2D eigenvalue weighted by Gasteiger charge is 2.02. The zero-order chi connectivity index (χ0) is 13.4. The second-order valence-corrected chi connectivity index (χ2v) is 3.93. The lowest BCUT2D eigenvalue weighted by molar-refractivity contribution is -0.118. The number of hydrogen-bond donors (Lipinski definition) is 0. The van der Waals surface area contributed by atoms with Crippen LogP contribution >= 0.6 is 0 Å². The minimum atomic E-state index is -0.715. The fourth-order valence-electron chi connectivity index (χ4n) is 1.37. The van der Waals surface area contributed by atoms with Crippen LogP contribution in [0.15, 0.2) is 29.4 Å². The van der Waals surface area contributed by atoms with Crippen molar-refractivity contribution < 1.29 is 14.3 Å². The van der Waals surface area contributed by atoms with Crippen molar-refractivity contribution in [3.8, 4) is 5.75 Å². The number of carbonyl (C=O) groups is 2. The van der Waals surface area contributed by atoms with E-state index in [9.17, 15) is 14.5 Å². The van der Waals surface area contributed by atoms with Crippen molar-refractivity contribution in [2.75, 3.05) is 6.61 Å². The van der Waals surface area contributed by atoms with E-state index in [1.807, 2.05) is 12.1 Å². The molecule has 0 spiro atoms. The maximum absolute atomic E-state index is 10.8. The summed E-state index contributed by atoms with van der Waals surface area (Å²) in [7, 11) is 0. The lowest BCUT2D eigenvalue weighted by Crippen LogP contribution is -2.03. The van der Waals surface area contributed by atoms with E-state index in [1.54, 1.807) is 19.1 Å². The number of ether oxygens (including phenoxy) is 1. The molecule has 0 N–H and O–H groups in total. The number of Topliss-reactive ketones (excluding diaryl/α,β-unsaturated/α-hetero) is 1. The highest BCUT2D eigenvalue weighted by atomic mass is 16.5. The summed E-state index contributed by atoms with van der Waals surface area (Å²) in [6, 6.07) is 7.29. The molecule has 5 heteroatoms. The molecule has 1 aromatic carbocycles. The molecule has 0 aliphatic heterocycles. The number of nitroso groups, excluding NO2 is 1. The number of hydrogen-bond acceptors (Lipinski definition) is 4. The SMILES string of the molecule is CC(=O)CCc1ccc(OCCC(=O)N=O)cc1. The predicted octanol–water partition coefficient (Wildman–Crippen LogP) is 2.27. The summed E-state index contributed by atoms with van der Waals surface area (Å²) in [5, 5.41) is 2.27. The molecule has 18 heavy (non-hydrogen) atoms. The summed E-state index contributed by atoms with van der Waals surface area (Å²) in [6.45, 7) is 1.70. The van der Waals surface area contributed by atoms with Crippen LogP contribution in [0.2, 0.25) is 0 Å². The van der Waals surface area contributed by atoms with Gasteiger partial charge in [-0.05, 0) is 31.0 Å². The Bertz CT molecular complexity index is 425. The fraction of sp³-hybridized carbons (Fsp3) is 0.385. The van der Waals surface area contributed by atoms with Gasteiger partial charge in [-0.25, -0.2) is 0 Å². The molecule has 0 saturated carbocycles. The highest BCUT2D eigenvalue weighted by molar-refractivity contribution is 5.76.